The number of carbonyl (C=O) groups excluding carboxylic acids is 1. The maximum absolute atomic E-state index is 12.7. The molecule has 2 aromatic rings. The molecule has 22 heavy (non-hydrogen) atoms. The Hall–Kier alpha value is -2.69. The lowest BCUT2D eigenvalue weighted by molar-refractivity contribution is 0.0989. The van der Waals surface area contributed by atoms with Crippen LogP contribution in [0.3, 0.4) is 0 Å². The van der Waals surface area contributed by atoms with Crippen molar-refractivity contribution in [2.75, 3.05) is 33.3 Å². The van der Waals surface area contributed by atoms with Crippen LogP contribution in [0.4, 0.5) is 5.69 Å². The van der Waals surface area contributed by atoms with Crippen molar-refractivity contribution in [3.8, 4) is 17.2 Å². The molecule has 5 nitrogen and oxygen atoms in total. The molecule has 0 aliphatic heterocycles. The first-order chi connectivity index (χ1) is 10.6. The molecule has 0 aliphatic rings. The standard InChI is InChI=1S/C17H19NO4/c1-18(12-8-6-5-7-9-12)17(19)13-10-11-14(20-2)16(22-4)15(13)21-3/h5-11H,1-4H3. The van der Waals surface area contributed by atoms with Gasteiger partial charge in [-0.25, -0.2) is 0 Å². The lowest BCUT2D eigenvalue weighted by Gasteiger charge is -2.20. The van der Waals surface area contributed by atoms with Crippen molar-refractivity contribution in [2.24, 2.45) is 0 Å². The minimum absolute atomic E-state index is 0.191. The van der Waals surface area contributed by atoms with Crippen LogP contribution < -0.4 is 19.1 Å². The Morgan fingerprint density at radius 2 is 1.50 bits per heavy atom. The largest absolute Gasteiger partial charge is 0.493 e. The fraction of sp³-hybridized carbons (Fsp3) is 0.235. The van der Waals surface area contributed by atoms with Gasteiger partial charge in [-0.2, -0.15) is 0 Å². The van der Waals surface area contributed by atoms with E-state index in [4.69, 9.17) is 14.2 Å². The molecular formula is C17H19NO4. The second kappa shape index (κ2) is 6.85. The molecule has 0 N–H and O–H groups in total. The van der Waals surface area contributed by atoms with E-state index in [1.54, 1.807) is 24.1 Å². The van der Waals surface area contributed by atoms with E-state index in [1.807, 2.05) is 30.3 Å². The Bertz CT molecular complexity index is 655. The van der Waals surface area contributed by atoms with Crippen molar-refractivity contribution in [1.82, 2.24) is 0 Å². The molecule has 2 rings (SSSR count). The number of ether oxygens (including phenoxy) is 3. The third-order valence-electron chi connectivity index (χ3n) is 3.38. The van der Waals surface area contributed by atoms with Crippen LogP contribution in [0.15, 0.2) is 42.5 Å². The van der Waals surface area contributed by atoms with Gasteiger partial charge in [-0.05, 0) is 24.3 Å². The smallest absolute Gasteiger partial charge is 0.261 e. The first-order valence-corrected chi connectivity index (χ1v) is 6.76. The number of amides is 1. The third-order valence-corrected chi connectivity index (χ3v) is 3.38. The summed E-state index contributed by atoms with van der Waals surface area (Å²) in [5.74, 6) is 1.08. The van der Waals surface area contributed by atoms with Gasteiger partial charge in [0, 0.05) is 12.7 Å². The van der Waals surface area contributed by atoms with E-state index in [0.717, 1.165) is 5.69 Å². The third kappa shape index (κ3) is 2.83. The molecule has 0 atom stereocenters. The van der Waals surface area contributed by atoms with Crippen LogP contribution in [0.5, 0.6) is 17.2 Å². The second-order valence-corrected chi connectivity index (χ2v) is 4.58. The van der Waals surface area contributed by atoms with Crippen molar-refractivity contribution in [2.45, 2.75) is 0 Å². The molecule has 0 aliphatic carbocycles. The summed E-state index contributed by atoms with van der Waals surface area (Å²) in [4.78, 5) is 14.3. The van der Waals surface area contributed by atoms with Gasteiger partial charge >= 0.3 is 0 Å². The molecule has 0 spiro atoms. The first kappa shape index (κ1) is 15.7. The molecule has 2 aromatic carbocycles. The average Bonchev–Trinajstić information content (AvgIpc) is 2.59. The molecule has 0 saturated carbocycles. The van der Waals surface area contributed by atoms with Crippen molar-refractivity contribution in [1.29, 1.82) is 0 Å². The van der Waals surface area contributed by atoms with E-state index in [9.17, 15) is 4.79 Å². The molecule has 0 saturated heterocycles. The molecule has 5 heteroatoms. The van der Waals surface area contributed by atoms with Gasteiger partial charge in [0.1, 0.15) is 0 Å². The monoisotopic (exact) mass is 301 g/mol. The Kier molecular flexibility index (Phi) is 4.88. The van der Waals surface area contributed by atoms with Crippen molar-refractivity contribution in [3.05, 3.63) is 48.0 Å². The van der Waals surface area contributed by atoms with Gasteiger partial charge < -0.3 is 19.1 Å². The van der Waals surface area contributed by atoms with Crippen LogP contribution in [0, 0.1) is 0 Å². The number of benzene rings is 2. The van der Waals surface area contributed by atoms with Crippen molar-refractivity contribution < 1.29 is 19.0 Å². The molecule has 116 valence electrons. The Labute approximate surface area is 130 Å². The molecule has 0 radical (unpaired) electrons. The lowest BCUT2D eigenvalue weighted by Crippen LogP contribution is -2.26. The normalized spacial score (nSPS) is 10.0. The Morgan fingerprint density at radius 1 is 0.864 bits per heavy atom. The molecule has 1 amide bonds. The van der Waals surface area contributed by atoms with E-state index < -0.39 is 0 Å². The quantitative estimate of drug-likeness (QED) is 0.852. The van der Waals surface area contributed by atoms with Gasteiger partial charge in [-0.1, -0.05) is 18.2 Å². The van der Waals surface area contributed by atoms with E-state index in [1.165, 1.54) is 21.3 Å². The summed E-state index contributed by atoms with van der Waals surface area (Å²) in [6, 6.07) is 12.8. The van der Waals surface area contributed by atoms with Crippen LogP contribution in [0.25, 0.3) is 0 Å². The summed E-state index contributed by atoms with van der Waals surface area (Å²) in [7, 11) is 6.26. The highest BCUT2D eigenvalue weighted by Gasteiger charge is 2.23. The predicted molar refractivity (Wildman–Crippen MR) is 85.3 cm³/mol. The molecule has 0 bridgehead atoms. The van der Waals surface area contributed by atoms with Gasteiger partial charge in [0.2, 0.25) is 5.75 Å². The molecule has 0 unspecified atom stereocenters. The molecular weight excluding hydrogens is 282 g/mol. The predicted octanol–water partition coefficient (Wildman–Crippen LogP) is 2.99. The number of methoxy groups -OCH3 is 3. The number of hydrogen-bond acceptors (Lipinski definition) is 4. The van der Waals surface area contributed by atoms with Crippen LogP contribution in [0.1, 0.15) is 10.4 Å². The molecule has 0 fully saturated rings. The maximum atomic E-state index is 12.7. The average molecular weight is 301 g/mol. The zero-order valence-corrected chi connectivity index (χ0v) is 13.1. The number of rotatable bonds is 5. The van der Waals surface area contributed by atoms with Gasteiger partial charge in [0.05, 0.1) is 26.9 Å². The highest BCUT2D eigenvalue weighted by molar-refractivity contribution is 6.08. The van der Waals surface area contributed by atoms with Crippen LogP contribution in [-0.4, -0.2) is 34.3 Å². The lowest BCUT2D eigenvalue weighted by atomic mass is 10.1. The highest BCUT2D eigenvalue weighted by Crippen LogP contribution is 2.40. The SMILES string of the molecule is COc1ccc(C(=O)N(C)c2ccccc2)c(OC)c1OC. The fourth-order valence-corrected chi connectivity index (χ4v) is 2.22. The minimum atomic E-state index is -0.191. The summed E-state index contributed by atoms with van der Waals surface area (Å²) < 4.78 is 15.9. The minimum Gasteiger partial charge on any atom is -0.493 e. The van der Waals surface area contributed by atoms with Gasteiger partial charge in [0.25, 0.3) is 5.91 Å². The number of nitrogens with zero attached hydrogens (tertiary/aromatic N) is 1. The van der Waals surface area contributed by atoms with Gasteiger partial charge in [-0.15, -0.1) is 0 Å². The number of anilines is 1. The Morgan fingerprint density at radius 3 is 2.05 bits per heavy atom. The van der Waals surface area contributed by atoms with Crippen LogP contribution in [0.2, 0.25) is 0 Å². The zero-order valence-electron chi connectivity index (χ0n) is 13.1. The number of para-hydroxylation sites is 1. The number of hydrogen-bond donors (Lipinski definition) is 0. The van der Waals surface area contributed by atoms with Crippen LogP contribution >= 0.6 is 0 Å². The summed E-state index contributed by atoms with van der Waals surface area (Å²) in [6.45, 7) is 0. The first-order valence-electron chi connectivity index (χ1n) is 6.76. The summed E-state index contributed by atoms with van der Waals surface area (Å²) in [6.07, 6.45) is 0. The highest BCUT2D eigenvalue weighted by atomic mass is 16.5. The summed E-state index contributed by atoms with van der Waals surface area (Å²) in [5.41, 5.74) is 1.20. The van der Waals surface area contributed by atoms with Crippen molar-refractivity contribution in [3.63, 3.8) is 0 Å². The molecule has 0 heterocycles. The van der Waals surface area contributed by atoms with E-state index in [0.29, 0.717) is 22.8 Å². The maximum Gasteiger partial charge on any atom is 0.261 e. The summed E-state index contributed by atoms with van der Waals surface area (Å²) >= 11 is 0. The zero-order chi connectivity index (χ0) is 16.1. The molecule has 0 aromatic heterocycles. The van der Waals surface area contributed by atoms with E-state index in [-0.39, 0.29) is 5.91 Å². The van der Waals surface area contributed by atoms with Crippen molar-refractivity contribution >= 4 is 11.6 Å². The van der Waals surface area contributed by atoms with Gasteiger partial charge in [-0.3, -0.25) is 4.79 Å². The van der Waals surface area contributed by atoms with Gasteiger partial charge in [0.15, 0.2) is 11.5 Å². The fourth-order valence-electron chi connectivity index (χ4n) is 2.22. The van der Waals surface area contributed by atoms with E-state index in [2.05, 4.69) is 0 Å². The number of carbonyl (C=O) groups is 1. The second-order valence-electron chi connectivity index (χ2n) is 4.58. The van der Waals surface area contributed by atoms with E-state index >= 15 is 0 Å². The summed E-state index contributed by atoms with van der Waals surface area (Å²) in [5, 5.41) is 0. The Balaban J connectivity index is 2.46. The van der Waals surface area contributed by atoms with Crippen LogP contribution in [-0.2, 0) is 0 Å². The topological polar surface area (TPSA) is 48.0 Å².